The Morgan fingerprint density at radius 2 is 1.69 bits per heavy atom. The molecule has 0 atom stereocenters. The second kappa shape index (κ2) is 8.45. The SMILES string of the molecule is Cc1cc(N2CCN(S(=O)(=O)Cc3cccc(Cl)c3)CC2)nc(N2CCCC2)n1. The number of halogens is 1. The minimum Gasteiger partial charge on any atom is -0.354 e. The van der Waals surface area contributed by atoms with Gasteiger partial charge in [-0.1, -0.05) is 23.7 Å². The predicted molar refractivity (Wildman–Crippen MR) is 116 cm³/mol. The van der Waals surface area contributed by atoms with E-state index in [1.54, 1.807) is 28.6 Å². The highest BCUT2D eigenvalue weighted by atomic mass is 35.5. The van der Waals surface area contributed by atoms with Gasteiger partial charge in [-0.3, -0.25) is 0 Å². The van der Waals surface area contributed by atoms with Crippen molar-refractivity contribution in [3.8, 4) is 0 Å². The molecular weight excluding hydrogens is 410 g/mol. The first kappa shape index (κ1) is 20.4. The fraction of sp³-hybridized carbons (Fsp3) is 0.500. The minimum absolute atomic E-state index is 0.0285. The predicted octanol–water partition coefficient (Wildman–Crippen LogP) is 2.69. The van der Waals surface area contributed by atoms with Crippen LogP contribution in [0.15, 0.2) is 30.3 Å². The molecule has 0 saturated carbocycles. The van der Waals surface area contributed by atoms with Gasteiger partial charge in [0.05, 0.1) is 5.75 Å². The Labute approximate surface area is 177 Å². The summed E-state index contributed by atoms with van der Waals surface area (Å²) >= 11 is 5.99. The molecule has 2 aliphatic heterocycles. The average Bonchev–Trinajstić information content (AvgIpc) is 3.22. The summed E-state index contributed by atoms with van der Waals surface area (Å²) in [6.45, 7) is 6.11. The zero-order valence-electron chi connectivity index (χ0n) is 16.6. The molecule has 29 heavy (non-hydrogen) atoms. The first-order valence-electron chi connectivity index (χ1n) is 9.98. The van der Waals surface area contributed by atoms with Crippen LogP contribution in [-0.4, -0.2) is 62.0 Å². The number of aryl methyl sites for hydroxylation is 1. The number of sulfonamides is 1. The van der Waals surface area contributed by atoms with Crippen molar-refractivity contribution in [2.24, 2.45) is 0 Å². The van der Waals surface area contributed by atoms with Crippen LogP contribution in [0.1, 0.15) is 24.1 Å². The molecule has 0 unspecified atom stereocenters. The largest absolute Gasteiger partial charge is 0.354 e. The number of piperazine rings is 1. The van der Waals surface area contributed by atoms with Crippen LogP contribution in [0, 0.1) is 6.92 Å². The summed E-state index contributed by atoms with van der Waals surface area (Å²) in [5, 5.41) is 0.551. The van der Waals surface area contributed by atoms with Gasteiger partial charge >= 0.3 is 0 Å². The van der Waals surface area contributed by atoms with E-state index in [0.717, 1.165) is 30.5 Å². The lowest BCUT2D eigenvalue weighted by Gasteiger charge is -2.35. The molecule has 4 rings (SSSR count). The molecule has 0 bridgehead atoms. The van der Waals surface area contributed by atoms with E-state index in [-0.39, 0.29) is 5.75 Å². The van der Waals surface area contributed by atoms with Crippen molar-refractivity contribution in [2.75, 3.05) is 49.1 Å². The Kier molecular flexibility index (Phi) is 5.94. The molecule has 2 aliphatic rings. The van der Waals surface area contributed by atoms with E-state index >= 15 is 0 Å². The van der Waals surface area contributed by atoms with Gasteiger partial charge in [0.25, 0.3) is 0 Å². The van der Waals surface area contributed by atoms with Crippen LogP contribution in [0.5, 0.6) is 0 Å². The number of anilines is 2. The van der Waals surface area contributed by atoms with Crippen molar-refractivity contribution < 1.29 is 8.42 Å². The minimum atomic E-state index is -3.38. The summed E-state index contributed by atoms with van der Waals surface area (Å²) in [4.78, 5) is 13.7. The van der Waals surface area contributed by atoms with Crippen LogP contribution in [0.3, 0.4) is 0 Å². The Balaban J connectivity index is 1.42. The van der Waals surface area contributed by atoms with Crippen molar-refractivity contribution in [1.82, 2.24) is 14.3 Å². The number of benzene rings is 1. The van der Waals surface area contributed by atoms with Crippen LogP contribution in [0.2, 0.25) is 5.02 Å². The maximum absolute atomic E-state index is 12.8. The van der Waals surface area contributed by atoms with E-state index in [1.807, 2.05) is 13.0 Å². The second-order valence-electron chi connectivity index (χ2n) is 7.63. The monoisotopic (exact) mass is 435 g/mol. The van der Waals surface area contributed by atoms with E-state index in [0.29, 0.717) is 36.8 Å². The van der Waals surface area contributed by atoms with Gasteiger partial charge in [-0.05, 0) is 37.5 Å². The topological polar surface area (TPSA) is 69.6 Å². The number of hydrogen-bond donors (Lipinski definition) is 0. The molecule has 0 amide bonds. The Hall–Kier alpha value is -1.90. The zero-order chi connectivity index (χ0) is 20.4. The lowest BCUT2D eigenvalue weighted by atomic mass is 10.2. The highest BCUT2D eigenvalue weighted by Crippen LogP contribution is 2.23. The van der Waals surface area contributed by atoms with E-state index in [4.69, 9.17) is 16.6 Å². The first-order chi connectivity index (χ1) is 13.9. The summed E-state index contributed by atoms with van der Waals surface area (Å²) in [5.74, 6) is 1.64. The van der Waals surface area contributed by atoms with Crippen LogP contribution in [0.4, 0.5) is 11.8 Å². The lowest BCUT2D eigenvalue weighted by Crippen LogP contribution is -2.49. The van der Waals surface area contributed by atoms with Gasteiger partial charge < -0.3 is 9.80 Å². The van der Waals surface area contributed by atoms with E-state index in [1.165, 1.54) is 12.8 Å². The molecule has 1 aromatic heterocycles. The van der Waals surface area contributed by atoms with Gasteiger partial charge in [-0.25, -0.2) is 13.4 Å². The van der Waals surface area contributed by atoms with Crippen molar-refractivity contribution in [3.05, 3.63) is 46.6 Å². The van der Waals surface area contributed by atoms with Crippen LogP contribution in [-0.2, 0) is 15.8 Å². The number of rotatable bonds is 5. The molecule has 2 saturated heterocycles. The van der Waals surface area contributed by atoms with Gasteiger partial charge in [0, 0.05) is 56.1 Å². The standard InChI is InChI=1S/C20H26ClN5O2S/c1-16-13-19(23-20(22-16)25-7-2-3-8-25)24-9-11-26(12-10-24)29(27,28)15-17-5-4-6-18(21)14-17/h4-6,13-14H,2-3,7-12,15H2,1H3. The van der Waals surface area contributed by atoms with Gasteiger partial charge in [0.1, 0.15) is 5.82 Å². The lowest BCUT2D eigenvalue weighted by molar-refractivity contribution is 0.383. The molecular formula is C20H26ClN5O2S. The van der Waals surface area contributed by atoms with E-state index in [2.05, 4.69) is 14.8 Å². The maximum Gasteiger partial charge on any atom is 0.227 e. The van der Waals surface area contributed by atoms with Crippen LogP contribution in [0.25, 0.3) is 0 Å². The van der Waals surface area contributed by atoms with Gasteiger partial charge in [0.2, 0.25) is 16.0 Å². The first-order valence-corrected chi connectivity index (χ1v) is 12.0. The molecule has 2 aromatic rings. The Morgan fingerprint density at radius 3 is 2.38 bits per heavy atom. The molecule has 0 N–H and O–H groups in total. The van der Waals surface area contributed by atoms with Crippen molar-refractivity contribution in [2.45, 2.75) is 25.5 Å². The third-order valence-corrected chi connectivity index (χ3v) is 7.50. The zero-order valence-corrected chi connectivity index (χ0v) is 18.2. The van der Waals surface area contributed by atoms with Gasteiger partial charge in [-0.2, -0.15) is 9.29 Å². The molecule has 1 aromatic carbocycles. The quantitative estimate of drug-likeness (QED) is 0.719. The Morgan fingerprint density at radius 1 is 0.966 bits per heavy atom. The summed E-state index contributed by atoms with van der Waals surface area (Å²) in [5.41, 5.74) is 1.65. The van der Waals surface area contributed by atoms with Gasteiger partial charge in [-0.15, -0.1) is 0 Å². The molecule has 0 aliphatic carbocycles. The summed E-state index contributed by atoms with van der Waals surface area (Å²) in [6, 6.07) is 9.01. The summed E-state index contributed by atoms with van der Waals surface area (Å²) in [7, 11) is -3.38. The summed E-state index contributed by atoms with van der Waals surface area (Å²) < 4.78 is 27.2. The average molecular weight is 436 g/mol. The smallest absolute Gasteiger partial charge is 0.227 e. The highest BCUT2D eigenvalue weighted by molar-refractivity contribution is 7.88. The fourth-order valence-electron chi connectivity index (χ4n) is 3.88. The fourth-order valence-corrected chi connectivity index (χ4v) is 5.60. The van der Waals surface area contributed by atoms with Crippen molar-refractivity contribution >= 4 is 33.4 Å². The van der Waals surface area contributed by atoms with Gasteiger partial charge in [0.15, 0.2) is 0 Å². The van der Waals surface area contributed by atoms with E-state index in [9.17, 15) is 8.42 Å². The molecule has 3 heterocycles. The van der Waals surface area contributed by atoms with Crippen molar-refractivity contribution in [3.63, 3.8) is 0 Å². The molecule has 156 valence electrons. The number of aromatic nitrogens is 2. The van der Waals surface area contributed by atoms with Crippen LogP contribution >= 0.6 is 11.6 Å². The van der Waals surface area contributed by atoms with Crippen molar-refractivity contribution in [1.29, 1.82) is 0 Å². The summed E-state index contributed by atoms with van der Waals surface area (Å²) in [6.07, 6.45) is 2.35. The second-order valence-corrected chi connectivity index (χ2v) is 10.0. The molecule has 0 radical (unpaired) electrons. The third kappa shape index (κ3) is 4.82. The molecule has 9 heteroatoms. The normalized spacial score (nSPS) is 18.4. The molecule has 2 fully saturated rings. The molecule has 7 nitrogen and oxygen atoms in total. The maximum atomic E-state index is 12.8. The molecule has 0 spiro atoms. The Bertz CT molecular complexity index is 971. The van der Waals surface area contributed by atoms with Crippen LogP contribution < -0.4 is 9.80 Å². The number of nitrogens with zero attached hydrogens (tertiary/aromatic N) is 5. The highest BCUT2D eigenvalue weighted by Gasteiger charge is 2.28. The third-order valence-electron chi connectivity index (χ3n) is 5.41. The van der Waals surface area contributed by atoms with E-state index < -0.39 is 10.0 Å². The number of hydrogen-bond acceptors (Lipinski definition) is 6.